The summed E-state index contributed by atoms with van der Waals surface area (Å²) in [6.45, 7) is 4.53. The third-order valence-corrected chi connectivity index (χ3v) is 4.56. The van der Waals surface area contributed by atoms with Gasteiger partial charge in [-0.25, -0.2) is 18.7 Å². The molecule has 1 saturated heterocycles. The number of nitrogens with zero attached hydrogens (tertiary/aromatic N) is 3. The average molecular weight is 340 g/mol. The SMILES string of the molecule is C[C@H]1CNCCN1c1nc(-c2cccc(F)c2F)c2ccccc2n1. The lowest BCUT2D eigenvalue weighted by atomic mass is 10.1. The zero-order chi connectivity index (χ0) is 17.4. The van der Waals surface area contributed by atoms with Crippen LogP contribution in [0.25, 0.3) is 22.2 Å². The van der Waals surface area contributed by atoms with Crippen LogP contribution in [0.1, 0.15) is 6.92 Å². The molecule has 1 aliphatic heterocycles. The minimum atomic E-state index is -0.884. The van der Waals surface area contributed by atoms with Crippen LogP contribution in [0.4, 0.5) is 14.7 Å². The van der Waals surface area contributed by atoms with Crippen LogP contribution in [0.15, 0.2) is 42.5 Å². The largest absolute Gasteiger partial charge is 0.336 e. The highest BCUT2D eigenvalue weighted by atomic mass is 19.2. The van der Waals surface area contributed by atoms with Crippen LogP contribution in [-0.2, 0) is 0 Å². The predicted molar refractivity (Wildman–Crippen MR) is 94.6 cm³/mol. The molecule has 3 aromatic rings. The third kappa shape index (κ3) is 2.82. The molecule has 4 rings (SSSR count). The summed E-state index contributed by atoms with van der Waals surface area (Å²) < 4.78 is 28.2. The van der Waals surface area contributed by atoms with Gasteiger partial charge in [0.05, 0.1) is 11.2 Å². The fourth-order valence-electron chi connectivity index (χ4n) is 3.22. The van der Waals surface area contributed by atoms with E-state index in [1.807, 2.05) is 24.3 Å². The second-order valence-corrected chi connectivity index (χ2v) is 6.24. The standard InChI is InChI=1S/C19H18F2N4/c1-12-11-22-9-10-25(12)19-23-16-8-3-2-5-13(16)18(24-19)14-6-4-7-15(20)17(14)21/h2-8,12,22H,9-11H2,1H3/t12-/m0/s1. The lowest BCUT2D eigenvalue weighted by Crippen LogP contribution is -2.50. The number of piperazine rings is 1. The highest BCUT2D eigenvalue weighted by Crippen LogP contribution is 2.31. The Morgan fingerprint density at radius 1 is 1.08 bits per heavy atom. The number of rotatable bonds is 2. The van der Waals surface area contributed by atoms with Crippen molar-refractivity contribution < 1.29 is 8.78 Å². The summed E-state index contributed by atoms with van der Waals surface area (Å²) >= 11 is 0. The van der Waals surface area contributed by atoms with E-state index in [0.717, 1.165) is 31.2 Å². The van der Waals surface area contributed by atoms with Gasteiger partial charge in [0.15, 0.2) is 11.6 Å². The Kier molecular flexibility index (Phi) is 4.05. The molecule has 0 radical (unpaired) electrons. The Balaban J connectivity index is 1.94. The van der Waals surface area contributed by atoms with E-state index >= 15 is 0 Å². The molecule has 128 valence electrons. The second-order valence-electron chi connectivity index (χ2n) is 6.24. The second kappa shape index (κ2) is 6.37. The van der Waals surface area contributed by atoms with Gasteiger partial charge in [0.2, 0.25) is 5.95 Å². The van der Waals surface area contributed by atoms with Crippen LogP contribution in [0.5, 0.6) is 0 Å². The Morgan fingerprint density at radius 2 is 1.92 bits per heavy atom. The molecule has 0 bridgehead atoms. The van der Waals surface area contributed by atoms with E-state index in [0.29, 0.717) is 17.0 Å². The predicted octanol–water partition coefficient (Wildman–Crippen LogP) is 3.37. The van der Waals surface area contributed by atoms with Crippen LogP contribution >= 0.6 is 0 Å². The molecule has 1 aliphatic rings. The van der Waals surface area contributed by atoms with Crippen molar-refractivity contribution in [2.75, 3.05) is 24.5 Å². The number of hydrogen-bond acceptors (Lipinski definition) is 4. The van der Waals surface area contributed by atoms with Gasteiger partial charge in [-0.15, -0.1) is 0 Å². The lowest BCUT2D eigenvalue weighted by molar-refractivity contribution is 0.493. The van der Waals surface area contributed by atoms with Gasteiger partial charge in [-0.1, -0.05) is 24.3 Å². The van der Waals surface area contributed by atoms with E-state index in [1.165, 1.54) is 6.07 Å². The maximum Gasteiger partial charge on any atom is 0.226 e. The van der Waals surface area contributed by atoms with Crippen molar-refractivity contribution in [1.29, 1.82) is 0 Å². The zero-order valence-electron chi connectivity index (χ0n) is 13.8. The van der Waals surface area contributed by atoms with Crippen LogP contribution in [0.2, 0.25) is 0 Å². The quantitative estimate of drug-likeness (QED) is 0.777. The molecule has 0 spiro atoms. The molecule has 6 heteroatoms. The fraction of sp³-hybridized carbons (Fsp3) is 0.263. The third-order valence-electron chi connectivity index (χ3n) is 4.56. The normalized spacial score (nSPS) is 17.9. The summed E-state index contributed by atoms with van der Waals surface area (Å²) in [5.41, 5.74) is 1.29. The number of hydrogen-bond donors (Lipinski definition) is 1. The summed E-state index contributed by atoms with van der Waals surface area (Å²) in [5.74, 6) is -1.21. The molecule has 1 aromatic heterocycles. The van der Waals surface area contributed by atoms with E-state index in [1.54, 1.807) is 6.07 Å². The molecule has 2 heterocycles. The number of aromatic nitrogens is 2. The maximum absolute atomic E-state index is 14.4. The molecule has 0 unspecified atom stereocenters. The number of anilines is 1. The van der Waals surface area contributed by atoms with Gasteiger partial charge >= 0.3 is 0 Å². The fourth-order valence-corrected chi connectivity index (χ4v) is 3.22. The van der Waals surface area contributed by atoms with Gasteiger partial charge in [0.1, 0.15) is 0 Å². The van der Waals surface area contributed by atoms with Crippen LogP contribution < -0.4 is 10.2 Å². The summed E-state index contributed by atoms with van der Waals surface area (Å²) in [5, 5.41) is 4.03. The number of fused-ring (bicyclic) bond motifs is 1. The molecule has 0 amide bonds. The zero-order valence-corrected chi connectivity index (χ0v) is 13.8. The minimum Gasteiger partial charge on any atom is -0.336 e. The van der Waals surface area contributed by atoms with Gasteiger partial charge in [0.25, 0.3) is 0 Å². The van der Waals surface area contributed by atoms with Crippen LogP contribution in [0.3, 0.4) is 0 Å². The summed E-state index contributed by atoms with van der Waals surface area (Å²) in [6.07, 6.45) is 0. The number of para-hydroxylation sites is 1. The Labute approximate surface area is 144 Å². The molecule has 1 fully saturated rings. The van der Waals surface area contributed by atoms with Gasteiger partial charge in [-0.05, 0) is 25.1 Å². The molecule has 2 aromatic carbocycles. The molecular weight excluding hydrogens is 322 g/mol. The van der Waals surface area contributed by atoms with Crippen molar-refractivity contribution in [2.24, 2.45) is 0 Å². The first-order valence-electron chi connectivity index (χ1n) is 8.33. The number of halogens is 2. The van der Waals surface area contributed by atoms with Gasteiger partial charge in [-0.2, -0.15) is 0 Å². The van der Waals surface area contributed by atoms with E-state index in [4.69, 9.17) is 0 Å². The molecular formula is C19H18F2N4. The molecule has 1 N–H and O–H groups in total. The first-order chi connectivity index (χ1) is 12.1. The van der Waals surface area contributed by atoms with Crippen LogP contribution in [0, 0.1) is 11.6 Å². The van der Waals surface area contributed by atoms with Crippen molar-refractivity contribution >= 4 is 16.9 Å². The van der Waals surface area contributed by atoms with Crippen LogP contribution in [-0.4, -0.2) is 35.6 Å². The minimum absolute atomic E-state index is 0.155. The van der Waals surface area contributed by atoms with E-state index in [9.17, 15) is 8.78 Å². The van der Waals surface area contributed by atoms with Crippen molar-refractivity contribution in [3.8, 4) is 11.3 Å². The Hall–Kier alpha value is -2.60. The molecule has 0 saturated carbocycles. The first-order valence-corrected chi connectivity index (χ1v) is 8.33. The van der Waals surface area contributed by atoms with E-state index in [-0.39, 0.29) is 11.6 Å². The molecule has 4 nitrogen and oxygen atoms in total. The summed E-state index contributed by atoms with van der Waals surface area (Å²) in [4.78, 5) is 11.4. The van der Waals surface area contributed by atoms with Gasteiger partial charge in [0, 0.05) is 36.6 Å². The topological polar surface area (TPSA) is 41.0 Å². The Bertz CT molecular complexity index is 928. The molecule has 1 atom stereocenters. The van der Waals surface area contributed by atoms with Gasteiger partial charge in [-0.3, -0.25) is 0 Å². The molecule has 25 heavy (non-hydrogen) atoms. The van der Waals surface area contributed by atoms with Gasteiger partial charge < -0.3 is 10.2 Å². The maximum atomic E-state index is 14.4. The highest BCUT2D eigenvalue weighted by Gasteiger charge is 2.23. The summed E-state index contributed by atoms with van der Waals surface area (Å²) in [6, 6.07) is 11.8. The average Bonchev–Trinajstić information content (AvgIpc) is 2.63. The molecule has 0 aliphatic carbocycles. The lowest BCUT2D eigenvalue weighted by Gasteiger charge is -2.34. The van der Waals surface area contributed by atoms with E-state index < -0.39 is 11.6 Å². The van der Waals surface area contributed by atoms with Crippen molar-refractivity contribution in [3.63, 3.8) is 0 Å². The van der Waals surface area contributed by atoms with E-state index in [2.05, 4.69) is 27.1 Å². The highest BCUT2D eigenvalue weighted by molar-refractivity contribution is 5.93. The first kappa shape index (κ1) is 15.9. The smallest absolute Gasteiger partial charge is 0.226 e. The number of nitrogens with one attached hydrogen (secondary N) is 1. The monoisotopic (exact) mass is 340 g/mol. The Morgan fingerprint density at radius 3 is 2.76 bits per heavy atom. The van der Waals surface area contributed by atoms with Crippen molar-refractivity contribution in [3.05, 3.63) is 54.1 Å². The summed E-state index contributed by atoms with van der Waals surface area (Å²) in [7, 11) is 0. The number of benzene rings is 2. The van der Waals surface area contributed by atoms with Crippen molar-refractivity contribution in [1.82, 2.24) is 15.3 Å². The van der Waals surface area contributed by atoms with Crippen molar-refractivity contribution in [2.45, 2.75) is 13.0 Å².